The summed E-state index contributed by atoms with van der Waals surface area (Å²) in [6.45, 7) is 1.10. The van der Waals surface area contributed by atoms with Crippen molar-refractivity contribution in [2.45, 2.75) is 32.1 Å². The zero-order chi connectivity index (χ0) is 13.0. The highest BCUT2D eigenvalue weighted by Crippen LogP contribution is 2.35. The van der Waals surface area contributed by atoms with Crippen molar-refractivity contribution in [1.82, 2.24) is 5.32 Å². The molecule has 0 bridgehead atoms. The van der Waals surface area contributed by atoms with Crippen LogP contribution in [-0.2, 0) is 6.42 Å². The van der Waals surface area contributed by atoms with E-state index in [1.165, 1.54) is 25.7 Å². The average molecular weight is 286 g/mol. The SMILES string of the molecule is CNCC1CCCCC1Cc1c(Cl)cccc1Cl. The van der Waals surface area contributed by atoms with Crippen molar-refractivity contribution < 1.29 is 0 Å². The van der Waals surface area contributed by atoms with Gasteiger partial charge in [-0.1, -0.05) is 42.1 Å². The molecule has 1 aliphatic carbocycles. The Labute approximate surface area is 120 Å². The van der Waals surface area contributed by atoms with Crippen molar-refractivity contribution in [2.75, 3.05) is 13.6 Å². The minimum atomic E-state index is 0.712. The zero-order valence-electron chi connectivity index (χ0n) is 10.9. The van der Waals surface area contributed by atoms with Crippen LogP contribution in [0.15, 0.2) is 18.2 Å². The van der Waals surface area contributed by atoms with E-state index in [1.54, 1.807) is 0 Å². The average Bonchev–Trinajstić information content (AvgIpc) is 2.36. The summed E-state index contributed by atoms with van der Waals surface area (Å²) < 4.78 is 0. The highest BCUT2D eigenvalue weighted by Gasteiger charge is 2.25. The van der Waals surface area contributed by atoms with Crippen molar-refractivity contribution in [3.63, 3.8) is 0 Å². The van der Waals surface area contributed by atoms with Crippen LogP contribution in [0, 0.1) is 11.8 Å². The molecule has 1 nitrogen and oxygen atoms in total. The third-order valence-electron chi connectivity index (χ3n) is 4.06. The second-order valence-corrected chi connectivity index (χ2v) is 6.08. The molecule has 3 heteroatoms. The molecular formula is C15H21Cl2N. The number of rotatable bonds is 4. The van der Waals surface area contributed by atoms with Crippen molar-refractivity contribution in [2.24, 2.45) is 11.8 Å². The molecule has 0 amide bonds. The maximum Gasteiger partial charge on any atom is 0.0452 e. The Bertz CT molecular complexity index is 370. The molecule has 1 aromatic rings. The summed E-state index contributed by atoms with van der Waals surface area (Å²) in [7, 11) is 2.04. The van der Waals surface area contributed by atoms with Gasteiger partial charge < -0.3 is 5.32 Å². The van der Waals surface area contributed by atoms with E-state index in [0.29, 0.717) is 5.92 Å². The van der Waals surface area contributed by atoms with Crippen LogP contribution in [0.1, 0.15) is 31.2 Å². The first kappa shape index (κ1) is 14.2. The largest absolute Gasteiger partial charge is 0.319 e. The number of hydrogen-bond acceptors (Lipinski definition) is 1. The zero-order valence-corrected chi connectivity index (χ0v) is 12.4. The van der Waals surface area contributed by atoms with E-state index in [-0.39, 0.29) is 0 Å². The van der Waals surface area contributed by atoms with Crippen LogP contribution in [0.3, 0.4) is 0 Å². The Hall–Kier alpha value is -0.240. The molecule has 0 radical (unpaired) electrons. The molecule has 1 N–H and O–H groups in total. The normalized spacial score (nSPS) is 24.2. The van der Waals surface area contributed by atoms with Gasteiger partial charge >= 0.3 is 0 Å². The Kier molecular flexibility index (Phi) is 5.35. The van der Waals surface area contributed by atoms with E-state index in [2.05, 4.69) is 5.32 Å². The minimum Gasteiger partial charge on any atom is -0.319 e. The van der Waals surface area contributed by atoms with Crippen molar-refractivity contribution in [3.05, 3.63) is 33.8 Å². The molecule has 1 saturated carbocycles. The molecule has 1 aromatic carbocycles. The van der Waals surface area contributed by atoms with Crippen LogP contribution in [-0.4, -0.2) is 13.6 Å². The van der Waals surface area contributed by atoms with Crippen LogP contribution in [0.4, 0.5) is 0 Å². The molecule has 2 atom stereocenters. The Morgan fingerprint density at radius 1 is 1.11 bits per heavy atom. The first-order chi connectivity index (χ1) is 8.72. The second-order valence-electron chi connectivity index (χ2n) is 5.27. The molecule has 2 unspecified atom stereocenters. The summed E-state index contributed by atoms with van der Waals surface area (Å²) >= 11 is 12.5. The highest BCUT2D eigenvalue weighted by molar-refractivity contribution is 6.35. The Morgan fingerprint density at radius 2 is 1.72 bits per heavy atom. The van der Waals surface area contributed by atoms with Crippen LogP contribution < -0.4 is 5.32 Å². The first-order valence-corrected chi connectivity index (χ1v) is 7.55. The van der Waals surface area contributed by atoms with Crippen LogP contribution in [0.25, 0.3) is 0 Å². The Balaban J connectivity index is 2.11. The van der Waals surface area contributed by atoms with E-state index in [1.807, 2.05) is 25.2 Å². The standard InChI is InChI=1S/C15H21Cl2N/c1-18-10-12-6-3-2-5-11(12)9-13-14(16)7-4-8-15(13)17/h4,7-8,11-12,18H,2-3,5-6,9-10H2,1H3. The van der Waals surface area contributed by atoms with E-state index in [9.17, 15) is 0 Å². The van der Waals surface area contributed by atoms with Gasteiger partial charge in [-0.05, 0) is 62.4 Å². The fourth-order valence-electron chi connectivity index (χ4n) is 3.07. The lowest BCUT2D eigenvalue weighted by molar-refractivity contribution is 0.232. The van der Waals surface area contributed by atoms with Gasteiger partial charge in [0.05, 0.1) is 0 Å². The Morgan fingerprint density at radius 3 is 2.33 bits per heavy atom. The van der Waals surface area contributed by atoms with Gasteiger partial charge in [0.25, 0.3) is 0 Å². The number of nitrogens with one attached hydrogen (secondary N) is 1. The van der Waals surface area contributed by atoms with E-state index in [4.69, 9.17) is 23.2 Å². The summed E-state index contributed by atoms with van der Waals surface area (Å²) in [5.41, 5.74) is 1.13. The van der Waals surface area contributed by atoms with Gasteiger partial charge in [0, 0.05) is 10.0 Å². The molecule has 1 aliphatic rings. The van der Waals surface area contributed by atoms with Gasteiger partial charge in [-0.25, -0.2) is 0 Å². The van der Waals surface area contributed by atoms with Gasteiger partial charge in [-0.15, -0.1) is 0 Å². The molecular weight excluding hydrogens is 265 g/mol. The summed E-state index contributed by atoms with van der Waals surface area (Å²) in [6.07, 6.45) is 6.35. The molecule has 0 saturated heterocycles. The summed E-state index contributed by atoms with van der Waals surface area (Å²) in [5.74, 6) is 1.47. The first-order valence-electron chi connectivity index (χ1n) is 6.80. The summed E-state index contributed by atoms with van der Waals surface area (Å²) in [6, 6.07) is 5.80. The van der Waals surface area contributed by atoms with Gasteiger partial charge in [0.2, 0.25) is 0 Å². The maximum atomic E-state index is 6.27. The number of hydrogen-bond donors (Lipinski definition) is 1. The third-order valence-corrected chi connectivity index (χ3v) is 4.77. The van der Waals surface area contributed by atoms with Crippen molar-refractivity contribution in [3.8, 4) is 0 Å². The predicted molar refractivity (Wildman–Crippen MR) is 79.5 cm³/mol. The maximum absolute atomic E-state index is 6.27. The van der Waals surface area contributed by atoms with Gasteiger partial charge in [-0.3, -0.25) is 0 Å². The highest BCUT2D eigenvalue weighted by atomic mass is 35.5. The van der Waals surface area contributed by atoms with E-state index < -0.39 is 0 Å². The topological polar surface area (TPSA) is 12.0 Å². The fourth-order valence-corrected chi connectivity index (χ4v) is 3.63. The van der Waals surface area contributed by atoms with Gasteiger partial charge in [-0.2, -0.15) is 0 Å². The summed E-state index contributed by atoms with van der Waals surface area (Å²) in [4.78, 5) is 0. The summed E-state index contributed by atoms with van der Waals surface area (Å²) in [5, 5.41) is 4.95. The molecule has 0 aromatic heterocycles. The van der Waals surface area contributed by atoms with Gasteiger partial charge in [0.15, 0.2) is 0 Å². The van der Waals surface area contributed by atoms with E-state index >= 15 is 0 Å². The van der Waals surface area contributed by atoms with Crippen LogP contribution >= 0.6 is 23.2 Å². The lowest BCUT2D eigenvalue weighted by atomic mass is 9.76. The molecule has 1 fully saturated rings. The predicted octanol–water partition coefficient (Wildman–Crippen LogP) is 4.56. The fraction of sp³-hybridized carbons (Fsp3) is 0.600. The smallest absolute Gasteiger partial charge is 0.0452 e. The molecule has 18 heavy (non-hydrogen) atoms. The van der Waals surface area contributed by atoms with Crippen molar-refractivity contribution in [1.29, 1.82) is 0 Å². The lowest BCUT2D eigenvalue weighted by Gasteiger charge is -2.32. The second kappa shape index (κ2) is 6.79. The third kappa shape index (κ3) is 3.40. The molecule has 0 heterocycles. The van der Waals surface area contributed by atoms with Crippen LogP contribution in [0.5, 0.6) is 0 Å². The van der Waals surface area contributed by atoms with Crippen LogP contribution in [0.2, 0.25) is 10.0 Å². The quantitative estimate of drug-likeness (QED) is 0.855. The van der Waals surface area contributed by atoms with E-state index in [0.717, 1.165) is 34.5 Å². The van der Waals surface area contributed by atoms with Crippen molar-refractivity contribution >= 4 is 23.2 Å². The number of halogens is 2. The number of benzene rings is 1. The molecule has 0 spiro atoms. The lowest BCUT2D eigenvalue weighted by Crippen LogP contribution is -2.30. The molecule has 0 aliphatic heterocycles. The molecule has 2 rings (SSSR count). The van der Waals surface area contributed by atoms with Gasteiger partial charge in [0.1, 0.15) is 0 Å². The minimum absolute atomic E-state index is 0.712. The monoisotopic (exact) mass is 285 g/mol. The molecule has 100 valence electrons.